The molecule has 0 amide bonds. The Labute approximate surface area is 93.6 Å². The van der Waals surface area contributed by atoms with E-state index in [2.05, 4.69) is 13.8 Å². The highest BCUT2D eigenvalue weighted by atomic mass is 16.5. The molecule has 2 unspecified atom stereocenters. The third-order valence-corrected chi connectivity index (χ3v) is 4.17. The van der Waals surface area contributed by atoms with Crippen molar-refractivity contribution < 1.29 is 4.74 Å². The van der Waals surface area contributed by atoms with E-state index in [0.29, 0.717) is 6.10 Å². The van der Waals surface area contributed by atoms with Crippen molar-refractivity contribution in [2.24, 2.45) is 17.6 Å². The average molecular weight is 211 g/mol. The molecule has 15 heavy (non-hydrogen) atoms. The molecule has 0 bridgehead atoms. The molecule has 1 saturated heterocycles. The first-order valence-electron chi connectivity index (χ1n) is 6.51. The van der Waals surface area contributed by atoms with Crippen LogP contribution in [0.1, 0.15) is 52.4 Å². The zero-order valence-corrected chi connectivity index (χ0v) is 10.2. The molecule has 1 aliphatic heterocycles. The lowest BCUT2D eigenvalue weighted by Gasteiger charge is -2.27. The predicted octanol–water partition coefficient (Wildman–Crippen LogP) is 2.71. The van der Waals surface area contributed by atoms with Crippen molar-refractivity contribution in [3.05, 3.63) is 0 Å². The number of rotatable bonds is 5. The number of hydrogen-bond donors (Lipinski definition) is 1. The zero-order valence-electron chi connectivity index (χ0n) is 10.2. The van der Waals surface area contributed by atoms with Crippen molar-refractivity contribution in [2.45, 2.75) is 64.0 Å². The maximum absolute atomic E-state index is 6.15. The second kappa shape index (κ2) is 4.42. The summed E-state index contributed by atoms with van der Waals surface area (Å²) in [4.78, 5) is 0. The Morgan fingerprint density at radius 2 is 2.13 bits per heavy atom. The van der Waals surface area contributed by atoms with Gasteiger partial charge in [-0.05, 0) is 50.4 Å². The monoisotopic (exact) mass is 211 g/mol. The molecule has 0 aromatic heterocycles. The van der Waals surface area contributed by atoms with Gasteiger partial charge >= 0.3 is 0 Å². The van der Waals surface area contributed by atoms with Gasteiger partial charge in [0.1, 0.15) is 0 Å². The molecular formula is C13H25NO. The molecule has 0 radical (unpaired) electrons. The van der Waals surface area contributed by atoms with Crippen LogP contribution >= 0.6 is 0 Å². The number of nitrogens with two attached hydrogens (primary N) is 1. The first kappa shape index (κ1) is 11.4. The summed E-state index contributed by atoms with van der Waals surface area (Å²) in [6.07, 6.45) is 7.98. The standard InChI is InChI=1S/C13H25NO/c1-10(2)11(12-4-3-9-15-12)5-6-13(14)7-8-13/h10-12H,3-9,14H2,1-2H3. The SMILES string of the molecule is CC(C)C(CCC1(N)CC1)C1CCCO1. The van der Waals surface area contributed by atoms with E-state index in [9.17, 15) is 0 Å². The van der Waals surface area contributed by atoms with Crippen molar-refractivity contribution in [1.82, 2.24) is 0 Å². The fourth-order valence-corrected chi connectivity index (χ4v) is 2.75. The summed E-state index contributed by atoms with van der Waals surface area (Å²) in [6.45, 7) is 5.62. The van der Waals surface area contributed by atoms with Crippen molar-refractivity contribution in [3.8, 4) is 0 Å². The van der Waals surface area contributed by atoms with Crippen LogP contribution in [-0.2, 0) is 4.74 Å². The zero-order chi connectivity index (χ0) is 10.9. The van der Waals surface area contributed by atoms with E-state index in [1.165, 1.54) is 38.5 Å². The van der Waals surface area contributed by atoms with Crippen molar-refractivity contribution in [1.29, 1.82) is 0 Å². The summed E-state index contributed by atoms with van der Waals surface area (Å²) in [6, 6.07) is 0. The minimum Gasteiger partial charge on any atom is -0.378 e. The van der Waals surface area contributed by atoms with Crippen LogP contribution in [-0.4, -0.2) is 18.2 Å². The molecule has 1 aliphatic carbocycles. The summed E-state index contributed by atoms with van der Waals surface area (Å²) >= 11 is 0. The van der Waals surface area contributed by atoms with E-state index in [1.807, 2.05) is 0 Å². The van der Waals surface area contributed by atoms with Gasteiger partial charge in [-0.1, -0.05) is 13.8 Å². The average Bonchev–Trinajstić information content (AvgIpc) is 2.70. The summed E-state index contributed by atoms with van der Waals surface area (Å²) < 4.78 is 5.82. The van der Waals surface area contributed by atoms with Crippen LogP contribution in [0.2, 0.25) is 0 Å². The minimum atomic E-state index is 0.214. The number of ether oxygens (including phenoxy) is 1. The van der Waals surface area contributed by atoms with E-state index in [0.717, 1.165) is 18.4 Å². The molecule has 0 aromatic carbocycles. The second-order valence-electron chi connectivity index (χ2n) is 5.86. The van der Waals surface area contributed by atoms with Crippen LogP contribution in [0.15, 0.2) is 0 Å². The van der Waals surface area contributed by atoms with E-state index >= 15 is 0 Å². The third-order valence-electron chi connectivity index (χ3n) is 4.17. The van der Waals surface area contributed by atoms with Crippen molar-refractivity contribution >= 4 is 0 Å². The lowest BCUT2D eigenvalue weighted by atomic mass is 9.84. The lowest BCUT2D eigenvalue weighted by molar-refractivity contribution is 0.0387. The molecular weight excluding hydrogens is 186 g/mol. The van der Waals surface area contributed by atoms with Gasteiger partial charge in [0.15, 0.2) is 0 Å². The minimum absolute atomic E-state index is 0.214. The van der Waals surface area contributed by atoms with Crippen molar-refractivity contribution in [2.75, 3.05) is 6.61 Å². The number of hydrogen-bond acceptors (Lipinski definition) is 2. The Morgan fingerprint density at radius 3 is 2.60 bits per heavy atom. The maximum atomic E-state index is 6.15. The molecule has 1 saturated carbocycles. The van der Waals surface area contributed by atoms with Crippen LogP contribution in [0.3, 0.4) is 0 Å². The third kappa shape index (κ3) is 2.94. The molecule has 0 spiro atoms. The second-order valence-corrected chi connectivity index (χ2v) is 5.86. The normalized spacial score (nSPS) is 30.8. The van der Waals surface area contributed by atoms with E-state index in [-0.39, 0.29) is 5.54 Å². The molecule has 1 heterocycles. The van der Waals surface area contributed by atoms with Gasteiger partial charge in [0.05, 0.1) is 6.10 Å². The van der Waals surface area contributed by atoms with E-state index in [1.54, 1.807) is 0 Å². The smallest absolute Gasteiger partial charge is 0.0606 e. The first-order chi connectivity index (χ1) is 7.11. The summed E-state index contributed by atoms with van der Waals surface area (Å²) in [5, 5.41) is 0. The molecule has 2 heteroatoms. The Kier molecular flexibility index (Phi) is 3.36. The Bertz CT molecular complexity index is 205. The maximum Gasteiger partial charge on any atom is 0.0606 e. The Balaban J connectivity index is 1.82. The molecule has 2 aliphatic rings. The van der Waals surface area contributed by atoms with Crippen LogP contribution in [0, 0.1) is 11.8 Å². The fourth-order valence-electron chi connectivity index (χ4n) is 2.75. The van der Waals surface area contributed by atoms with Crippen LogP contribution < -0.4 is 5.73 Å². The lowest BCUT2D eigenvalue weighted by Crippen LogP contribution is -2.29. The van der Waals surface area contributed by atoms with Gasteiger partial charge in [0.25, 0.3) is 0 Å². The molecule has 2 fully saturated rings. The topological polar surface area (TPSA) is 35.2 Å². The highest BCUT2D eigenvalue weighted by Crippen LogP contribution is 2.40. The summed E-state index contributed by atoms with van der Waals surface area (Å²) in [5.41, 5.74) is 6.37. The highest BCUT2D eigenvalue weighted by molar-refractivity contribution is 4.99. The Hall–Kier alpha value is -0.0800. The van der Waals surface area contributed by atoms with E-state index < -0.39 is 0 Å². The molecule has 2 atom stereocenters. The predicted molar refractivity (Wildman–Crippen MR) is 62.7 cm³/mol. The molecule has 2 N–H and O–H groups in total. The van der Waals surface area contributed by atoms with Gasteiger partial charge in [-0.3, -0.25) is 0 Å². The summed E-state index contributed by atoms with van der Waals surface area (Å²) in [7, 11) is 0. The van der Waals surface area contributed by atoms with Crippen molar-refractivity contribution in [3.63, 3.8) is 0 Å². The van der Waals surface area contributed by atoms with Gasteiger partial charge in [0, 0.05) is 12.1 Å². The first-order valence-corrected chi connectivity index (χ1v) is 6.51. The Morgan fingerprint density at radius 1 is 1.40 bits per heavy atom. The van der Waals surface area contributed by atoms with Gasteiger partial charge in [-0.25, -0.2) is 0 Å². The fraction of sp³-hybridized carbons (Fsp3) is 1.00. The van der Waals surface area contributed by atoms with Gasteiger partial charge < -0.3 is 10.5 Å². The molecule has 2 rings (SSSR count). The van der Waals surface area contributed by atoms with Crippen LogP contribution in [0.25, 0.3) is 0 Å². The van der Waals surface area contributed by atoms with Gasteiger partial charge in [0.2, 0.25) is 0 Å². The van der Waals surface area contributed by atoms with Crippen LogP contribution in [0.4, 0.5) is 0 Å². The highest BCUT2D eigenvalue weighted by Gasteiger charge is 2.39. The largest absolute Gasteiger partial charge is 0.378 e. The van der Waals surface area contributed by atoms with Gasteiger partial charge in [-0.15, -0.1) is 0 Å². The summed E-state index contributed by atoms with van der Waals surface area (Å²) in [5.74, 6) is 1.46. The molecule has 88 valence electrons. The van der Waals surface area contributed by atoms with Crippen LogP contribution in [0.5, 0.6) is 0 Å². The van der Waals surface area contributed by atoms with Gasteiger partial charge in [-0.2, -0.15) is 0 Å². The van der Waals surface area contributed by atoms with E-state index in [4.69, 9.17) is 10.5 Å². The molecule has 2 nitrogen and oxygen atoms in total. The quantitative estimate of drug-likeness (QED) is 0.759. The molecule has 0 aromatic rings.